The number of sulfonamides is 1. The molecule has 0 spiro atoms. The molecule has 0 atom stereocenters. The highest BCUT2D eigenvalue weighted by molar-refractivity contribution is 7.89. The van der Waals surface area contributed by atoms with Gasteiger partial charge in [0.15, 0.2) is 0 Å². The molecule has 1 N–H and O–H groups in total. The van der Waals surface area contributed by atoms with Crippen LogP contribution in [0.5, 0.6) is 0 Å². The third kappa shape index (κ3) is 2.58. The molecule has 0 aromatic heterocycles. The topological polar surface area (TPSA) is 49.4 Å². The summed E-state index contributed by atoms with van der Waals surface area (Å²) < 4.78 is 25.9. The van der Waals surface area contributed by atoms with Crippen LogP contribution in [0.15, 0.2) is 23.1 Å². The number of nitrogens with one attached hydrogen (secondary N) is 1. The maximum absolute atomic E-state index is 12.3. The van der Waals surface area contributed by atoms with Gasteiger partial charge in [0.2, 0.25) is 10.0 Å². The summed E-state index contributed by atoms with van der Waals surface area (Å²) in [5.41, 5.74) is 0. The molecule has 7 heteroatoms. The first kappa shape index (κ1) is 13.1. The molecule has 0 amide bonds. The van der Waals surface area contributed by atoms with Crippen molar-refractivity contribution in [1.82, 2.24) is 9.62 Å². The van der Waals surface area contributed by atoms with Gasteiger partial charge in [-0.2, -0.15) is 4.31 Å². The van der Waals surface area contributed by atoms with Crippen molar-refractivity contribution in [3.8, 4) is 0 Å². The predicted molar refractivity (Wildman–Crippen MR) is 68.1 cm³/mol. The number of likely N-dealkylation sites (N-methyl/N-ethyl adjacent to an activating group) is 1. The largest absolute Gasteiger partial charge is 0.313 e. The van der Waals surface area contributed by atoms with E-state index in [1.165, 1.54) is 22.5 Å². The van der Waals surface area contributed by atoms with Crippen molar-refractivity contribution in [3.63, 3.8) is 0 Å². The molecule has 94 valence electrons. The Hall–Kier alpha value is -0.330. The Morgan fingerprint density at radius 2 is 1.76 bits per heavy atom. The second-order valence-corrected chi connectivity index (χ2v) is 6.81. The molecule has 1 saturated heterocycles. The third-order valence-corrected chi connectivity index (χ3v) is 5.11. The normalized spacial score (nSPS) is 17.2. The van der Waals surface area contributed by atoms with Crippen molar-refractivity contribution in [1.29, 1.82) is 0 Å². The summed E-state index contributed by atoms with van der Waals surface area (Å²) in [6.07, 6.45) is 0. The van der Waals surface area contributed by atoms with E-state index >= 15 is 0 Å². The zero-order valence-electron chi connectivity index (χ0n) is 9.15. The molecule has 1 aliphatic heterocycles. The fraction of sp³-hybridized carbons (Fsp3) is 0.400. The Bertz CT molecular complexity index is 509. The first-order valence-corrected chi connectivity index (χ1v) is 7.26. The van der Waals surface area contributed by atoms with Gasteiger partial charge in [-0.05, 0) is 18.2 Å². The standard InChI is InChI=1S/C10H12Cl2N2O2S/c1-14(9-5-13-6-9)17(15,16)10-3-7(11)2-8(12)4-10/h2-4,9,13H,5-6H2,1H3. The van der Waals surface area contributed by atoms with Crippen LogP contribution in [0.3, 0.4) is 0 Å². The summed E-state index contributed by atoms with van der Waals surface area (Å²) >= 11 is 11.6. The minimum Gasteiger partial charge on any atom is -0.313 e. The highest BCUT2D eigenvalue weighted by atomic mass is 35.5. The number of benzene rings is 1. The predicted octanol–water partition coefficient (Wildman–Crippen LogP) is 1.59. The van der Waals surface area contributed by atoms with E-state index in [1.807, 2.05) is 0 Å². The van der Waals surface area contributed by atoms with Gasteiger partial charge in [-0.1, -0.05) is 23.2 Å². The Morgan fingerprint density at radius 3 is 2.18 bits per heavy atom. The van der Waals surface area contributed by atoms with Crippen LogP contribution in [-0.4, -0.2) is 38.9 Å². The smallest absolute Gasteiger partial charge is 0.243 e. The number of nitrogens with zero attached hydrogens (tertiary/aromatic N) is 1. The Labute approximate surface area is 111 Å². The summed E-state index contributed by atoms with van der Waals surface area (Å²) in [5, 5.41) is 3.66. The minimum atomic E-state index is -3.52. The van der Waals surface area contributed by atoms with Crippen molar-refractivity contribution in [3.05, 3.63) is 28.2 Å². The lowest BCUT2D eigenvalue weighted by Gasteiger charge is -2.34. The van der Waals surface area contributed by atoms with E-state index in [-0.39, 0.29) is 10.9 Å². The SMILES string of the molecule is CN(C1CNC1)S(=O)(=O)c1cc(Cl)cc(Cl)c1. The highest BCUT2D eigenvalue weighted by Gasteiger charge is 2.31. The second kappa shape index (κ2) is 4.74. The molecular formula is C10H12Cl2N2O2S. The third-order valence-electron chi connectivity index (χ3n) is 2.79. The lowest BCUT2D eigenvalue weighted by Crippen LogP contribution is -2.57. The summed E-state index contributed by atoms with van der Waals surface area (Å²) in [7, 11) is -1.95. The molecule has 1 heterocycles. The van der Waals surface area contributed by atoms with Gasteiger partial charge in [0.05, 0.1) is 4.90 Å². The molecule has 17 heavy (non-hydrogen) atoms. The van der Waals surface area contributed by atoms with Gasteiger partial charge in [-0.3, -0.25) is 0 Å². The first-order valence-electron chi connectivity index (χ1n) is 5.06. The van der Waals surface area contributed by atoms with E-state index < -0.39 is 10.0 Å². The van der Waals surface area contributed by atoms with Crippen molar-refractivity contribution in [2.24, 2.45) is 0 Å². The Balaban J connectivity index is 2.36. The number of halogens is 2. The van der Waals surface area contributed by atoms with E-state index in [4.69, 9.17) is 23.2 Å². The second-order valence-electron chi connectivity index (χ2n) is 3.94. The number of hydrogen-bond acceptors (Lipinski definition) is 3. The Morgan fingerprint density at radius 1 is 1.24 bits per heavy atom. The lowest BCUT2D eigenvalue weighted by molar-refractivity contribution is 0.274. The van der Waals surface area contributed by atoms with E-state index in [9.17, 15) is 8.42 Å². The molecule has 1 aliphatic rings. The first-order chi connectivity index (χ1) is 7.91. The van der Waals surface area contributed by atoms with E-state index in [2.05, 4.69) is 5.32 Å². The number of rotatable bonds is 3. The summed E-state index contributed by atoms with van der Waals surface area (Å²) in [6.45, 7) is 1.34. The molecule has 1 aromatic rings. The monoisotopic (exact) mass is 294 g/mol. The average Bonchev–Trinajstić information content (AvgIpc) is 2.13. The molecular weight excluding hydrogens is 283 g/mol. The summed E-state index contributed by atoms with van der Waals surface area (Å²) in [5.74, 6) is 0. The molecule has 0 unspecified atom stereocenters. The van der Waals surface area contributed by atoms with Gasteiger partial charge in [-0.15, -0.1) is 0 Å². The molecule has 4 nitrogen and oxygen atoms in total. The minimum absolute atomic E-state index is 0.00208. The van der Waals surface area contributed by atoms with Crippen molar-refractivity contribution < 1.29 is 8.42 Å². The molecule has 0 saturated carbocycles. The highest BCUT2D eigenvalue weighted by Crippen LogP contribution is 2.25. The number of hydrogen-bond donors (Lipinski definition) is 1. The maximum atomic E-state index is 12.3. The van der Waals surface area contributed by atoms with Crippen LogP contribution in [-0.2, 0) is 10.0 Å². The molecule has 1 aromatic carbocycles. The molecule has 0 radical (unpaired) electrons. The van der Waals surface area contributed by atoms with Gasteiger partial charge < -0.3 is 5.32 Å². The summed E-state index contributed by atoms with van der Waals surface area (Å²) in [4.78, 5) is 0.129. The molecule has 0 aliphatic carbocycles. The van der Waals surface area contributed by atoms with Crippen LogP contribution < -0.4 is 5.32 Å². The van der Waals surface area contributed by atoms with Crippen LogP contribution in [0.4, 0.5) is 0 Å². The Kier molecular flexibility index (Phi) is 3.66. The van der Waals surface area contributed by atoms with E-state index in [0.29, 0.717) is 23.1 Å². The zero-order chi connectivity index (χ0) is 12.6. The maximum Gasteiger partial charge on any atom is 0.243 e. The van der Waals surface area contributed by atoms with Gasteiger partial charge in [0.25, 0.3) is 0 Å². The molecule has 2 rings (SSSR count). The van der Waals surface area contributed by atoms with Gasteiger partial charge in [-0.25, -0.2) is 8.42 Å². The molecule has 1 fully saturated rings. The van der Waals surface area contributed by atoms with Crippen LogP contribution in [0.1, 0.15) is 0 Å². The molecule has 0 bridgehead atoms. The fourth-order valence-electron chi connectivity index (χ4n) is 1.57. The quantitative estimate of drug-likeness (QED) is 0.921. The van der Waals surface area contributed by atoms with Crippen molar-refractivity contribution in [2.75, 3.05) is 20.1 Å². The van der Waals surface area contributed by atoms with E-state index in [1.54, 1.807) is 7.05 Å². The van der Waals surface area contributed by atoms with Gasteiger partial charge in [0, 0.05) is 36.2 Å². The van der Waals surface area contributed by atoms with Crippen molar-refractivity contribution >= 4 is 33.2 Å². The van der Waals surface area contributed by atoms with Crippen LogP contribution in [0.2, 0.25) is 10.0 Å². The van der Waals surface area contributed by atoms with Crippen molar-refractivity contribution in [2.45, 2.75) is 10.9 Å². The lowest BCUT2D eigenvalue weighted by atomic mass is 10.2. The fourth-order valence-corrected chi connectivity index (χ4v) is 3.65. The summed E-state index contributed by atoms with van der Waals surface area (Å²) in [6, 6.07) is 4.32. The van der Waals surface area contributed by atoms with Crippen LogP contribution >= 0.6 is 23.2 Å². The van der Waals surface area contributed by atoms with Crippen LogP contribution in [0.25, 0.3) is 0 Å². The zero-order valence-corrected chi connectivity index (χ0v) is 11.5. The van der Waals surface area contributed by atoms with E-state index in [0.717, 1.165) is 0 Å². The van der Waals surface area contributed by atoms with Crippen LogP contribution in [0, 0.1) is 0 Å². The van der Waals surface area contributed by atoms with Gasteiger partial charge in [0.1, 0.15) is 0 Å². The van der Waals surface area contributed by atoms with Gasteiger partial charge >= 0.3 is 0 Å². The average molecular weight is 295 g/mol.